The highest BCUT2D eigenvalue weighted by Crippen LogP contribution is 2.27. The van der Waals surface area contributed by atoms with Crippen LogP contribution < -0.4 is 5.56 Å². The molecule has 0 bridgehead atoms. The predicted molar refractivity (Wildman–Crippen MR) is 120 cm³/mol. The van der Waals surface area contributed by atoms with Crippen LogP contribution >= 0.6 is 0 Å². The molecule has 1 aromatic rings. The van der Waals surface area contributed by atoms with E-state index in [4.69, 9.17) is 9.72 Å². The van der Waals surface area contributed by atoms with Crippen molar-refractivity contribution in [3.63, 3.8) is 0 Å². The lowest BCUT2D eigenvalue weighted by molar-refractivity contribution is -0.150. The van der Waals surface area contributed by atoms with Crippen molar-refractivity contribution in [3.05, 3.63) is 27.9 Å². The Hall–Kier alpha value is -2.22. The third-order valence-corrected chi connectivity index (χ3v) is 7.14. The van der Waals surface area contributed by atoms with E-state index in [1.807, 2.05) is 16.4 Å². The van der Waals surface area contributed by atoms with Crippen molar-refractivity contribution in [2.75, 3.05) is 39.3 Å². The number of piperidine rings is 2. The third-order valence-electron chi connectivity index (χ3n) is 7.14. The largest absolute Gasteiger partial charge is 0.466 e. The summed E-state index contributed by atoms with van der Waals surface area (Å²) in [5.74, 6) is 1.03. The fourth-order valence-corrected chi connectivity index (χ4v) is 5.31. The predicted octanol–water partition coefficient (Wildman–Crippen LogP) is 1.95. The molecular formula is C24H36N4O4. The number of rotatable bonds is 5. The van der Waals surface area contributed by atoms with Crippen molar-refractivity contribution in [1.82, 2.24) is 19.4 Å². The number of esters is 1. The third kappa shape index (κ3) is 5.39. The maximum absolute atomic E-state index is 12.9. The Morgan fingerprint density at radius 3 is 2.66 bits per heavy atom. The first kappa shape index (κ1) is 23.0. The minimum Gasteiger partial charge on any atom is -0.466 e. The molecule has 32 heavy (non-hydrogen) atoms. The first-order chi connectivity index (χ1) is 15.5. The van der Waals surface area contributed by atoms with Crippen LogP contribution in [0.3, 0.4) is 0 Å². The Balaban J connectivity index is 1.30. The van der Waals surface area contributed by atoms with Crippen LogP contribution in [0.25, 0.3) is 0 Å². The van der Waals surface area contributed by atoms with Gasteiger partial charge >= 0.3 is 5.97 Å². The van der Waals surface area contributed by atoms with E-state index in [-0.39, 0.29) is 29.3 Å². The smallest absolute Gasteiger partial charge is 0.310 e. The van der Waals surface area contributed by atoms with Crippen molar-refractivity contribution in [3.8, 4) is 0 Å². The Kier molecular flexibility index (Phi) is 7.60. The highest BCUT2D eigenvalue weighted by atomic mass is 16.5. The van der Waals surface area contributed by atoms with Gasteiger partial charge in [-0.15, -0.1) is 0 Å². The number of hydrogen-bond donors (Lipinski definition) is 0. The topological polar surface area (TPSA) is 84.7 Å². The monoisotopic (exact) mass is 444 g/mol. The zero-order valence-corrected chi connectivity index (χ0v) is 19.3. The second kappa shape index (κ2) is 10.6. The van der Waals surface area contributed by atoms with Crippen molar-refractivity contribution in [1.29, 1.82) is 0 Å². The van der Waals surface area contributed by atoms with Crippen molar-refractivity contribution in [2.24, 2.45) is 5.92 Å². The van der Waals surface area contributed by atoms with Gasteiger partial charge in [0.25, 0.3) is 5.56 Å². The molecule has 3 aliphatic rings. The van der Waals surface area contributed by atoms with Crippen molar-refractivity contribution in [2.45, 2.75) is 70.8 Å². The van der Waals surface area contributed by atoms with Crippen LogP contribution in [0.4, 0.5) is 0 Å². The Morgan fingerprint density at radius 1 is 1.06 bits per heavy atom. The quantitative estimate of drug-likeness (QED) is 0.646. The number of likely N-dealkylation sites (tertiary alicyclic amines) is 2. The van der Waals surface area contributed by atoms with Crippen LogP contribution in [0.5, 0.6) is 0 Å². The number of carbonyl (C=O) groups excluding carboxylic acids is 2. The van der Waals surface area contributed by atoms with Crippen LogP contribution in [0.15, 0.2) is 10.9 Å². The number of ether oxygens (including phenoxy) is 1. The van der Waals surface area contributed by atoms with Gasteiger partial charge in [-0.05, 0) is 52.0 Å². The number of hydrogen-bond acceptors (Lipinski definition) is 6. The lowest BCUT2D eigenvalue weighted by Gasteiger charge is -2.35. The van der Waals surface area contributed by atoms with E-state index in [1.54, 1.807) is 6.07 Å². The summed E-state index contributed by atoms with van der Waals surface area (Å²) in [4.78, 5) is 46.5. The molecule has 1 amide bonds. The molecular weight excluding hydrogens is 408 g/mol. The van der Waals surface area contributed by atoms with Crippen LogP contribution in [-0.2, 0) is 27.3 Å². The molecule has 2 fully saturated rings. The number of fused-ring (bicyclic) bond motifs is 1. The van der Waals surface area contributed by atoms with Crippen LogP contribution in [0.2, 0.25) is 0 Å². The minimum absolute atomic E-state index is 0.0756. The second-order valence-corrected chi connectivity index (χ2v) is 9.38. The molecule has 3 aliphatic heterocycles. The maximum atomic E-state index is 12.9. The zero-order valence-electron chi connectivity index (χ0n) is 19.3. The van der Waals surface area contributed by atoms with E-state index >= 15 is 0 Å². The van der Waals surface area contributed by atoms with E-state index in [2.05, 4.69) is 4.90 Å². The highest BCUT2D eigenvalue weighted by Gasteiger charge is 2.30. The SMILES string of the molecule is CCOC(=O)[C@H]1CCCN(CC(=O)N2CCC(c3cc(=O)n4c(n3)CCCCC4)CC2)C1. The average Bonchev–Trinajstić information content (AvgIpc) is 3.05. The fraction of sp³-hybridized carbons (Fsp3) is 0.750. The van der Waals surface area contributed by atoms with Crippen molar-refractivity contribution < 1.29 is 14.3 Å². The number of aryl methyl sites for hydroxylation is 1. The molecule has 1 atom stereocenters. The van der Waals surface area contributed by atoms with Crippen LogP contribution in [0.1, 0.15) is 69.3 Å². The Bertz CT molecular complexity index is 875. The zero-order chi connectivity index (χ0) is 22.5. The number of carbonyl (C=O) groups is 2. The molecule has 0 unspecified atom stereocenters. The first-order valence-corrected chi connectivity index (χ1v) is 12.3. The molecule has 4 rings (SSSR count). The van der Waals surface area contributed by atoms with Gasteiger partial charge in [-0.25, -0.2) is 4.98 Å². The number of amides is 1. The molecule has 1 aromatic heterocycles. The molecule has 176 valence electrons. The molecule has 0 aromatic carbocycles. The van der Waals surface area contributed by atoms with Gasteiger partial charge in [0.1, 0.15) is 5.82 Å². The van der Waals surface area contributed by atoms with E-state index in [9.17, 15) is 14.4 Å². The summed E-state index contributed by atoms with van der Waals surface area (Å²) in [6.07, 6.45) is 7.60. The normalized spacial score (nSPS) is 22.8. The lowest BCUT2D eigenvalue weighted by atomic mass is 9.93. The molecule has 0 N–H and O–H groups in total. The summed E-state index contributed by atoms with van der Waals surface area (Å²) in [5.41, 5.74) is 0.982. The van der Waals surface area contributed by atoms with Crippen LogP contribution in [-0.4, -0.2) is 70.6 Å². The Labute approximate surface area is 189 Å². The molecule has 8 heteroatoms. The lowest BCUT2D eigenvalue weighted by Crippen LogP contribution is -2.47. The minimum atomic E-state index is -0.144. The number of nitrogens with zero attached hydrogens (tertiary/aromatic N) is 4. The molecule has 8 nitrogen and oxygen atoms in total. The summed E-state index contributed by atoms with van der Waals surface area (Å²) < 4.78 is 7.01. The van der Waals surface area contributed by atoms with Gasteiger partial charge in [0.05, 0.1) is 24.8 Å². The average molecular weight is 445 g/mol. The summed E-state index contributed by atoms with van der Waals surface area (Å²) in [5, 5.41) is 0. The van der Waals surface area contributed by atoms with Crippen molar-refractivity contribution >= 4 is 11.9 Å². The fourth-order valence-electron chi connectivity index (χ4n) is 5.31. The summed E-state index contributed by atoms with van der Waals surface area (Å²) in [6.45, 7) is 6.20. The molecule has 0 radical (unpaired) electrons. The maximum Gasteiger partial charge on any atom is 0.310 e. The van der Waals surface area contributed by atoms with Gasteiger partial charge in [0.15, 0.2) is 0 Å². The van der Waals surface area contributed by atoms with E-state index < -0.39 is 0 Å². The second-order valence-electron chi connectivity index (χ2n) is 9.38. The molecule has 4 heterocycles. The molecule has 2 saturated heterocycles. The van der Waals surface area contributed by atoms with Crippen LogP contribution in [0, 0.1) is 5.92 Å². The molecule has 0 saturated carbocycles. The summed E-state index contributed by atoms with van der Waals surface area (Å²) in [7, 11) is 0. The van der Waals surface area contributed by atoms with E-state index in [0.29, 0.717) is 32.8 Å². The van der Waals surface area contributed by atoms with Gasteiger partial charge in [0, 0.05) is 44.6 Å². The molecule has 0 spiro atoms. The van der Waals surface area contributed by atoms with Gasteiger partial charge in [-0.1, -0.05) is 6.42 Å². The van der Waals surface area contributed by atoms with Gasteiger partial charge in [-0.2, -0.15) is 0 Å². The number of aromatic nitrogens is 2. The Morgan fingerprint density at radius 2 is 1.88 bits per heavy atom. The molecule has 0 aliphatic carbocycles. The standard InChI is InChI=1S/C24H36N4O4/c1-2-32-24(31)19-7-6-11-26(16-19)17-23(30)27-13-9-18(10-14-27)20-15-22(29)28-12-5-3-4-8-21(28)25-20/h15,18-19H,2-14,16-17H2,1H3/t19-/m0/s1. The first-order valence-electron chi connectivity index (χ1n) is 12.3. The van der Waals surface area contributed by atoms with Gasteiger partial charge in [0.2, 0.25) is 5.91 Å². The van der Waals surface area contributed by atoms with E-state index in [0.717, 1.165) is 76.0 Å². The van der Waals surface area contributed by atoms with Gasteiger partial charge < -0.3 is 9.64 Å². The summed E-state index contributed by atoms with van der Waals surface area (Å²) >= 11 is 0. The van der Waals surface area contributed by atoms with Gasteiger partial charge in [-0.3, -0.25) is 23.9 Å². The highest BCUT2D eigenvalue weighted by molar-refractivity contribution is 5.78. The van der Waals surface area contributed by atoms with E-state index in [1.165, 1.54) is 0 Å². The summed E-state index contributed by atoms with van der Waals surface area (Å²) in [6, 6.07) is 1.72.